The summed E-state index contributed by atoms with van der Waals surface area (Å²) in [7, 11) is 0. The molecule has 1 fully saturated rings. The first-order valence-electron chi connectivity index (χ1n) is 5.68. The van der Waals surface area contributed by atoms with Gasteiger partial charge < -0.3 is 5.32 Å². The highest BCUT2D eigenvalue weighted by Crippen LogP contribution is 2.29. The van der Waals surface area contributed by atoms with Crippen LogP contribution < -0.4 is 5.32 Å². The second-order valence-corrected chi connectivity index (χ2v) is 4.95. The highest BCUT2D eigenvalue weighted by Gasteiger charge is 2.18. The summed E-state index contributed by atoms with van der Waals surface area (Å²) in [5, 5.41) is 6.80. The van der Waals surface area contributed by atoms with E-state index in [9.17, 15) is 0 Å². The fraction of sp³-hybridized carbons (Fsp3) is 0.308. The van der Waals surface area contributed by atoms with E-state index in [4.69, 9.17) is 4.98 Å². The molecule has 0 bridgehead atoms. The van der Waals surface area contributed by atoms with Crippen LogP contribution in [0.4, 0.5) is 0 Å². The van der Waals surface area contributed by atoms with Crippen molar-refractivity contribution >= 4 is 11.3 Å². The van der Waals surface area contributed by atoms with Gasteiger partial charge in [0.1, 0.15) is 5.01 Å². The van der Waals surface area contributed by atoms with E-state index < -0.39 is 0 Å². The van der Waals surface area contributed by atoms with Crippen molar-refractivity contribution in [1.29, 1.82) is 0 Å². The Morgan fingerprint density at radius 3 is 2.88 bits per heavy atom. The largest absolute Gasteiger partial charge is 0.309 e. The molecule has 16 heavy (non-hydrogen) atoms. The maximum absolute atomic E-state index is 4.72. The first kappa shape index (κ1) is 10.00. The summed E-state index contributed by atoms with van der Waals surface area (Å²) in [4.78, 5) is 4.72. The summed E-state index contributed by atoms with van der Waals surface area (Å²) in [6.45, 7) is 1.13. The van der Waals surface area contributed by atoms with Crippen LogP contribution >= 0.6 is 11.3 Å². The number of hydrogen-bond acceptors (Lipinski definition) is 3. The van der Waals surface area contributed by atoms with Crippen LogP contribution in [0.2, 0.25) is 0 Å². The zero-order chi connectivity index (χ0) is 10.8. The molecule has 1 aromatic carbocycles. The van der Waals surface area contributed by atoms with Gasteiger partial charge in [0.2, 0.25) is 0 Å². The number of hydrogen-bond donors (Lipinski definition) is 1. The lowest BCUT2D eigenvalue weighted by Gasteiger charge is -2.04. The van der Waals surface area contributed by atoms with E-state index in [0.717, 1.165) is 11.6 Å². The van der Waals surface area contributed by atoms with Gasteiger partial charge in [-0.25, -0.2) is 4.98 Å². The van der Waals surface area contributed by atoms with Crippen molar-refractivity contribution in [3.8, 4) is 10.6 Å². The molecule has 3 rings (SSSR count). The second kappa shape index (κ2) is 4.36. The number of nitrogens with one attached hydrogen (secondary N) is 1. The lowest BCUT2D eigenvalue weighted by atomic mass is 10.2. The minimum atomic E-state index is 0.480. The van der Waals surface area contributed by atoms with E-state index in [1.54, 1.807) is 11.3 Å². The Kier molecular flexibility index (Phi) is 2.72. The van der Waals surface area contributed by atoms with Gasteiger partial charge in [-0.05, 0) is 19.4 Å². The zero-order valence-corrected chi connectivity index (χ0v) is 9.83. The molecule has 1 aliphatic heterocycles. The fourth-order valence-corrected chi connectivity index (χ4v) is 2.98. The molecule has 1 aromatic heterocycles. The second-order valence-electron chi connectivity index (χ2n) is 4.09. The number of thiazole rings is 1. The lowest BCUT2D eigenvalue weighted by molar-refractivity contribution is 0.632. The summed E-state index contributed by atoms with van der Waals surface area (Å²) in [5.41, 5.74) is 2.43. The molecule has 2 nitrogen and oxygen atoms in total. The quantitative estimate of drug-likeness (QED) is 0.856. The molecule has 0 aliphatic carbocycles. The van der Waals surface area contributed by atoms with Crippen LogP contribution in [0.1, 0.15) is 24.6 Å². The summed E-state index contributed by atoms with van der Waals surface area (Å²) in [6, 6.07) is 10.9. The smallest absolute Gasteiger partial charge is 0.123 e. The van der Waals surface area contributed by atoms with Crippen molar-refractivity contribution in [2.24, 2.45) is 0 Å². The first-order chi connectivity index (χ1) is 7.93. The van der Waals surface area contributed by atoms with Crippen molar-refractivity contribution in [1.82, 2.24) is 10.3 Å². The monoisotopic (exact) mass is 230 g/mol. The molecule has 1 N–H and O–H groups in total. The van der Waals surface area contributed by atoms with Gasteiger partial charge in [0, 0.05) is 10.9 Å². The van der Waals surface area contributed by atoms with E-state index in [1.807, 2.05) is 6.07 Å². The molecule has 0 radical (unpaired) electrons. The van der Waals surface area contributed by atoms with Gasteiger partial charge >= 0.3 is 0 Å². The van der Waals surface area contributed by atoms with E-state index in [0.29, 0.717) is 6.04 Å². The summed E-state index contributed by atoms with van der Waals surface area (Å²) in [5.74, 6) is 0. The molecule has 2 aromatic rings. The van der Waals surface area contributed by atoms with Crippen molar-refractivity contribution < 1.29 is 0 Å². The summed E-state index contributed by atoms with van der Waals surface area (Å²) >= 11 is 1.74. The number of benzene rings is 1. The SMILES string of the molecule is c1ccc(-c2nc([C@@H]3CCCN3)cs2)cc1. The maximum Gasteiger partial charge on any atom is 0.123 e. The molecule has 0 saturated carbocycles. The fourth-order valence-electron chi connectivity index (χ4n) is 2.10. The predicted molar refractivity (Wildman–Crippen MR) is 67.5 cm³/mol. The number of aromatic nitrogens is 1. The van der Waals surface area contributed by atoms with Crippen molar-refractivity contribution in [3.63, 3.8) is 0 Å². The van der Waals surface area contributed by atoms with Gasteiger partial charge in [-0.15, -0.1) is 11.3 Å². The van der Waals surface area contributed by atoms with Crippen molar-refractivity contribution in [3.05, 3.63) is 41.4 Å². The molecule has 1 saturated heterocycles. The Balaban J connectivity index is 1.87. The zero-order valence-electron chi connectivity index (χ0n) is 9.02. The Morgan fingerprint density at radius 2 is 2.12 bits per heavy atom. The Bertz CT molecular complexity index is 458. The van der Waals surface area contributed by atoms with Gasteiger partial charge in [0.15, 0.2) is 0 Å². The van der Waals surface area contributed by atoms with Gasteiger partial charge in [0.05, 0.1) is 11.7 Å². The standard InChI is InChI=1S/C13H14N2S/c1-2-5-10(6-3-1)13-15-12(9-16-13)11-7-4-8-14-11/h1-3,5-6,9,11,14H,4,7-8H2/t11-/m0/s1. The van der Waals surface area contributed by atoms with Gasteiger partial charge in [-0.2, -0.15) is 0 Å². The minimum Gasteiger partial charge on any atom is -0.309 e. The Labute approximate surface area is 99.4 Å². The highest BCUT2D eigenvalue weighted by molar-refractivity contribution is 7.13. The van der Waals surface area contributed by atoms with Crippen LogP contribution in [0.5, 0.6) is 0 Å². The Morgan fingerprint density at radius 1 is 1.25 bits per heavy atom. The first-order valence-corrected chi connectivity index (χ1v) is 6.56. The topological polar surface area (TPSA) is 24.9 Å². The van der Waals surface area contributed by atoms with E-state index in [-0.39, 0.29) is 0 Å². The number of rotatable bonds is 2. The molecular weight excluding hydrogens is 216 g/mol. The number of nitrogens with zero attached hydrogens (tertiary/aromatic N) is 1. The van der Waals surface area contributed by atoms with Crippen LogP contribution in [0.3, 0.4) is 0 Å². The normalized spacial score (nSPS) is 20.1. The minimum absolute atomic E-state index is 0.480. The van der Waals surface area contributed by atoms with Crippen LogP contribution in [-0.2, 0) is 0 Å². The van der Waals surface area contributed by atoms with Gasteiger partial charge in [-0.1, -0.05) is 30.3 Å². The summed E-state index contributed by atoms with van der Waals surface area (Å²) < 4.78 is 0. The third-order valence-corrected chi connectivity index (χ3v) is 3.87. The molecule has 82 valence electrons. The molecule has 1 atom stereocenters. The molecule has 1 aliphatic rings. The van der Waals surface area contributed by atoms with E-state index >= 15 is 0 Å². The van der Waals surface area contributed by atoms with Crippen molar-refractivity contribution in [2.75, 3.05) is 6.54 Å². The maximum atomic E-state index is 4.72. The van der Waals surface area contributed by atoms with Crippen LogP contribution in [0.15, 0.2) is 35.7 Å². The van der Waals surface area contributed by atoms with Crippen LogP contribution in [0.25, 0.3) is 10.6 Å². The summed E-state index contributed by atoms with van der Waals surface area (Å²) in [6.07, 6.45) is 2.49. The molecule has 0 amide bonds. The predicted octanol–water partition coefficient (Wildman–Crippen LogP) is 3.23. The average molecular weight is 230 g/mol. The molecular formula is C13H14N2S. The Hall–Kier alpha value is -1.19. The molecule has 0 spiro atoms. The molecule has 0 unspecified atom stereocenters. The third-order valence-electron chi connectivity index (χ3n) is 2.96. The lowest BCUT2D eigenvalue weighted by Crippen LogP contribution is -2.12. The highest BCUT2D eigenvalue weighted by atomic mass is 32.1. The molecule has 3 heteroatoms. The third kappa shape index (κ3) is 1.88. The van der Waals surface area contributed by atoms with Gasteiger partial charge in [-0.3, -0.25) is 0 Å². The van der Waals surface area contributed by atoms with E-state index in [1.165, 1.54) is 24.1 Å². The average Bonchev–Trinajstić information content (AvgIpc) is 3.01. The van der Waals surface area contributed by atoms with Crippen LogP contribution in [-0.4, -0.2) is 11.5 Å². The van der Waals surface area contributed by atoms with Crippen LogP contribution in [0, 0.1) is 0 Å². The van der Waals surface area contributed by atoms with Crippen molar-refractivity contribution in [2.45, 2.75) is 18.9 Å². The molecule has 2 heterocycles. The van der Waals surface area contributed by atoms with E-state index in [2.05, 4.69) is 35.0 Å². The van der Waals surface area contributed by atoms with Gasteiger partial charge in [0.25, 0.3) is 0 Å².